The van der Waals surface area contributed by atoms with Crippen LogP contribution >= 0.6 is 0 Å². The lowest BCUT2D eigenvalue weighted by Gasteiger charge is -2.04. The van der Waals surface area contributed by atoms with Gasteiger partial charge in [-0.15, -0.1) is 0 Å². The predicted molar refractivity (Wildman–Crippen MR) is 105 cm³/mol. The zero-order chi connectivity index (χ0) is 19.1. The number of carbonyl (C=O) groups is 1. The molecule has 27 heavy (non-hydrogen) atoms. The summed E-state index contributed by atoms with van der Waals surface area (Å²) in [7, 11) is 0. The smallest absolute Gasteiger partial charge is 0.226 e. The fourth-order valence-corrected chi connectivity index (χ4v) is 2.88. The Balaban J connectivity index is 1.51. The first-order valence-corrected chi connectivity index (χ1v) is 9.37. The van der Waals surface area contributed by atoms with Gasteiger partial charge in [-0.2, -0.15) is 0 Å². The van der Waals surface area contributed by atoms with Crippen molar-refractivity contribution in [3.05, 3.63) is 71.4 Å². The van der Waals surface area contributed by atoms with Crippen LogP contribution in [-0.2, 0) is 24.1 Å². The number of benzene rings is 1. The van der Waals surface area contributed by atoms with Crippen LogP contribution in [0.5, 0.6) is 0 Å². The summed E-state index contributed by atoms with van der Waals surface area (Å²) in [5.41, 5.74) is 4.07. The molecule has 1 amide bonds. The highest BCUT2D eigenvalue weighted by atomic mass is 16.4. The molecule has 0 aliphatic carbocycles. The minimum Gasteiger partial charge on any atom is -0.441 e. The standard InChI is InChI=1S/C22H25N3O2/c1-3-17-8-10-19(11-9-17)22-25-20(16(2)27-22)14-21(26)24-13-5-7-18-6-4-12-23-15-18/h4,6,8-12,15H,3,5,7,13-14H2,1-2H3,(H,24,26). The molecule has 5 nitrogen and oxygen atoms in total. The molecule has 1 aromatic carbocycles. The SMILES string of the molecule is CCc1ccc(-c2nc(CC(=O)NCCCc3cccnc3)c(C)o2)cc1. The highest BCUT2D eigenvalue weighted by Gasteiger charge is 2.14. The van der Waals surface area contributed by atoms with E-state index in [1.165, 1.54) is 11.1 Å². The van der Waals surface area contributed by atoms with Crippen LogP contribution in [0.2, 0.25) is 0 Å². The van der Waals surface area contributed by atoms with Gasteiger partial charge >= 0.3 is 0 Å². The van der Waals surface area contributed by atoms with Gasteiger partial charge in [0.1, 0.15) is 5.76 Å². The summed E-state index contributed by atoms with van der Waals surface area (Å²) in [6.07, 6.45) is 6.62. The molecule has 2 aromatic heterocycles. The van der Waals surface area contributed by atoms with Gasteiger partial charge in [-0.1, -0.05) is 25.1 Å². The largest absolute Gasteiger partial charge is 0.441 e. The van der Waals surface area contributed by atoms with Crippen molar-refractivity contribution < 1.29 is 9.21 Å². The van der Waals surface area contributed by atoms with E-state index >= 15 is 0 Å². The number of aryl methyl sites for hydroxylation is 3. The van der Waals surface area contributed by atoms with Gasteiger partial charge < -0.3 is 9.73 Å². The molecule has 0 unspecified atom stereocenters. The van der Waals surface area contributed by atoms with Gasteiger partial charge in [0, 0.05) is 24.5 Å². The Kier molecular flexibility index (Phi) is 6.36. The van der Waals surface area contributed by atoms with Crippen LogP contribution in [0.4, 0.5) is 0 Å². The van der Waals surface area contributed by atoms with E-state index in [2.05, 4.69) is 34.3 Å². The molecule has 0 aliphatic heterocycles. The summed E-state index contributed by atoms with van der Waals surface area (Å²) >= 11 is 0. The Morgan fingerprint density at radius 3 is 2.67 bits per heavy atom. The van der Waals surface area contributed by atoms with Gasteiger partial charge in [0.25, 0.3) is 0 Å². The summed E-state index contributed by atoms with van der Waals surface area (Å²) in [5, 5.41) is 2.95. The minimum absolute atomic E-state index is 0.0366. The molecule has 0 spiro atoms. The van der Waals surface area contributed by atoms with Crippen molar-refractivity contribution in [2.24, 2.45) is 0 Å². The first-order valence-electron chi connectivity index (χ1n) is 9.37. The van der Waals surface area contributed by atoms with Crippen molar-refractivity contribution in [1.82, 2.24) is 15.3 Å². The monoisotopic (exact) mass is 363 g/mol. The van der Waals surface area contributed by atoms with E-state index in [0.717, 1.165) is 24.8 Å². The minimum atomic E-state index is -0.0366. The Morgan fingerprint density at radius 1 is 1.15 bits per heavy atom. The summed E-state index contributed by atoms with van der Waals surface area (Å²) in [6.45, 7) is 4.61. The van der Waals surface area contributed by atoms with Crippen LogP contribution < -0.4 is 5.32 Å². The molecule has 0 saturated heterocycles. The van der Waals surface area contributed by atoms with Crippen LogP contribution in [-0.4, -0.2) is 22.4 Å². The number of hydrogen-bond donors (Lipinski definition) is 1. The first-order chi connectivity index (χ1) is 13.2. The van der Waals surface area contributed by atoms with E-state index in [4.69, 9.17) is 4.42 Å². The van der Waals surface area contributed by atoms with Gasteiger partial charge in [-0.3, -0.25) is 9.78 Å². The van der Waals surface area contributed by atoms with Gasteiger partial charge in [0.2, 0.25) is 11.8 Å². The average molecular weight is 363 g/mol. The number of aromatic nitrogens is 2. The third-order valence-electron chi connectivity index (χ3n) is 4.52. The summed E-state index contributed by atoms with van der Waals surface area (Å²) in [5.74, 6) is 1.22. The van der Waals surface area contributed by atoms with E-state index in [1.807, 2.05) is 37.4 Å². The number of oxazole rings is 1. The fraction of sp³-hybridized carbons (Fsp3) is 0.318. The number of hydrogen-bond acceptors (Lipinski definition) is 4. The summed E-state index contributed by atoms with van der Waals surface area (Å²) in [6, 6.07) is 12.1. The lowest BCUT2D eigenvalue weighted by molar-refractivity contribution is -0.120. The molecular formula is C22H25N3O2. The number of pyridine rings is 1. The molecule has 1 N–H and O–H groups in total. The predicted octanol–water partition coefficient (Wildman–Crippen LogP) is 3.90. The van der Waals surface area contributed by atoms with Gasteiger partial charge in [0.05, 0.1) is 12.1 Å². The fourth-order valence-electron chi connectivity index (χ4n) is 2.88. The van der Waals surface area contributed by atoms with Crippen LogP contribution in [0.25, 0.3) is 11.5 Å². The van der Waals surface area contributed by atoms with E-state index in [9.17, 15) is 4.79 Å². The second-order valence-corrected chi connectivity index (χ2v) is 6.56. The van der Waals surface area contributed by atoms with Crippen molar-refractivity contribution in [2.45, 2.75) is 39.5 Å². The Morgan fingerprint density at radius 2 is 1.96 bits per heavy atom. The van der Waals surface area contributed by atoms with Gasteiger partial charge in [-0.25, -0.2) is 4.98 Å². The van der Waals surface area contributed by atoms with Crippen molar-refractivity contribution in [1.29, 1.82) is 0 Å². The van der Waals surface area contributed by atoms with Crippen LogP contribution in [0.15, 0.2) is 53.2 Å². The quantitative estimate of drug-likeness (QED) is 0.616. The molecule has 0 radical (unpaired) electrons. The zero-order valence-corrected chi connectivity index (χ0v) is 15.9. The number of carbonyl (C=O) groups excluding carboxylic acids is 1. The Labute approximate surface area is 159 Å². The maximum atomic E-state index is 12.2. The third kappa shape index (κ3) is 5.26. The maximum Gasteiger partial charge on any atom is 0.226 e. The van der Waals surface area contributed by atoms with E-state index in [-0.39, 0.29) is 12.3 Å². The van der Waals surface area contributed by atoms with Crippen LogP contribution in [0.3, 0.4) is 0 Å². The number of rotatable bonds is 8. The number of nitrogens with one attached hydrogen (secondary N) is 1. The molecule has 3 rings (SSSR count). The molecule has 5 heteroatoms. The molecule has 0 atom stereocenters. The van der Waals surface area contributed by atoms with E-state index in [1.54, 1.807) is 6.20 Å². The van der Waals surface area contributed by atoms with E-state index in [0.29, 0.717) is 23.9 Å². The highest BCUT2D eigenvalue weighted by Crippen LogP contribution is 2.22. The molecule has 140 valence electrons. The molecular weight excluding hydrogens is 338 g/mol. The summed E-state index contributed by atoms with van der Waals surface area (Å²) in [4.78, 5) is 20.8. The Bertz CT molecular complexity index is 870. The van der Waals surface area contributed by atoms with Crippen molar-refractivity contribution in [3.63, 3.8) is 0 Å². The highest BCUT2D eigenvalue weighted by molar-refractivity contribution is 5.78. The molecule has 2 heterocycles. The second kappa shape index (κ2) is 9.12. The van der Waals surface area contributed by atoms with Crippen LogP contribution in [0.1, 0.15) is 35.9 Å². The summed E-state index contributed by atoms with van der Waals surface area (Å²) < 4.78 is 5.76. The molecule has 0 fully saturated rings. The Hall–Kier alpha value is -2.95. The van der Waals surface area contributed by atoms with Crippen molar-refractivity contribution in [3.8, 4) is 11.5 Å². The number of nitrogens with zero attached hydrogens (tertiary/aromatic N) is 2. The van der Waals surface area contributed by atoms with Gasteiger partial charge in [-0.05, 0) is 55.5 Å². The third-order valence-corrected chi connectivity index (χ3v) is 4.52. The van der Waals surface area contributed by atoms with Crippen LogP contribution in [0, 0.1) is 6.92 Å². The van der Waals surface area contributed by atoms with Crippen molar-refractivity contribution >= 4 is 5.91 Å². The molecule has 3 aromatic rings. The second-order valence-electron chi connectivity index (χ2n) is 6.56. The zero-order valence-electron chi connectivity index (χ0n) is 15.9. The number of amides is 1. The topological polar surface area (TPSA) is 68.0 Å². The van der Waals surface area contributed by atoms with Crippen molar-refractivity contribution in [2.75, 3.05) is 6.54 Å². The lowest BCUT2D eigenvalue weighted by atomic mass is 10.1. The normalized spacial score (nSPS) is 10.7. The molecule has 0 bridgehead atoms. The van der Waals surface area contributed by atoms with E-state index < -0.39 is 0 Å². The molecule has 0 aliphatic rings. The maximum absolute atomic E-state index is 12.2. The lowest BCUT2D eigenvalue weighted by Crippen LogP contribution is -2.26. The first kappa shape index (κ1) is 18.8. The average Bonchev–Trinajstić information content (AvgIpc) is 3.06. The van der Waals surface area contributed by atoms with Gasteiger partial charge in [0.15, 0.2) is 0 Å². The molecule has 0 saturated carbocycles.